The van der Waals surface area contributed by atoms with Crippen molar-refractivity contribution in [1.29, 1.82) is 0 Å². The Morgan fingerprint density at radius 2 is 1.89 bits per heavy atom. The summed E-state index contributed by atoms with van der Waals surface area (Å²) in [5.41, 5.74) is 5.74. The van der Waals surface area contributed by atoms with Crippen molar-refractivity contribution >= 4 is 17.5 Å². The van der Waals surface area contributed by atoms with Crippen LogP contribution >= 0.6 is 0 Å². The van der Waals surface area contributed by atoms with Crippen LogP contribution in [0.2, 0.25) is 0 Å². The first kappa shape index (κ1) is 24.5. The first-order valence-corrected chi connectivity index (χ1v) is 11.5. The average molecular weight is 480 g/mol. The summed E-state index contributed by atoms with van der Waals surface area (Å²) in [5.74, 6) is -1.18. The van der Waals surface area contributed by atoms with Crippen LogP contribution in [0.3, 0.4) is 0 Å². The predicted molar refractivity (Wildman–Crippen MR) is 131 cm³/mol. The van der Waals surface area contributed by atoms with Gasteiger partial charge in [0.2, 0.25) is 0 Å². The SMILES string of the molecule is COc1ccc(-c2cccc3c2CC=C3CCN2CCOC(C(=CC(=O)O)C(=O)O)C2)cc1OC. The van der Waals surface area contributed by atoms with Crippen molar-refractivity contribution in [3.8, 4) is 22.6 Å². The minimum Gasteiger partial charge on any atom is -0.493 e. The fourth-order valence-electron chi connectivity index (χ4n) is 4.75. The quantitative estimate of drug-likeness (QED) is 0.527. The largest absolute Gasteiger partial charge is 0.493 e. The third kappa shape index (κ3) is 5.39. The number of carboxylic acids is 2. The molecule has 0 amide bonds. The monoisotopic (exact) mass is 479 g/mol. The van der Waals surface area contributed by atoms with Gasteiger partial charge in [-0.2, -0.15) is 0 Å². The molecule has 35 heavy (non-hydrogen) atoms. The van der Waals surface area contributed by atoms with Gasteiger partial charge < -0.3 is 24.4 Å². The van der Waals surface area contributed by atoms with Crippen molar-refractivity contribution < 1.29 is 34.0 Å². The Bertz CT molecular complexity index is 1180. The Kier molecular flexibility index (Phi) is 7.53. The van der Waals surface area contributed by atoms with Gasteiger partial charge in [0.05, 0.1) is 26.4 Å². The van der Waals surface area contributed by atoms with E-state index < -0.39 is 18.0 Å². The Hall–Kier alpha value is -3.62. The van der Waals surface area contributed by atoms with Crippen LogP contribution in [0.25, 0.3) is 16.7 Å². The molecule has 184 valence electrons. The summed E-state index contributed by atoms with van der Waals surface area (Å²) in [6, 6.07) is 12.3. The van der Waals surface area contributed by atoms with Crippen LogP contribution < -0.4 is 9.47 Å². The molecule has 2 aliphatic rings. The van der Waals surface area contributed by atoms with Crippen molar-refractivity contribution in [1.82, 2.24) is 4.90 Å². The number of nitrogens with zero attached hydrogens (tertiary/aromatic N) is 1. The van der Waals surface area contributed by atoms with E-state index in [1.165, 1.54) is 16.7 Å². The van der Waals surface area contributed by atoms with E-state index in [-0.39, 0.29) is 5.57 Å². The molecule has 1 heterocycles. The Balaban J connectivity index is 1.47. The van der Waals surface area contributed by atoms with Crippen LogP contribution in [-0.2, 0) is 20.7 Å². The van der Waals surface area contributed by atoms with Crippen molar-refractivity contribution in [2.24, 2.45) is 0 Å². The van der Waals surface area contributed by atoms with Crippen LogP contribution in [-0.4, -0.2) is 73.6 Å². The number of hydrogen-bond acceptors (Lipinski definition) is 6. The second-order valence-electron chi connectivity index (χ2n) is 8.49. The molecule has 1 atom stereocenters. The number of aliphatic carboxylic acids is 2. The molecule has 2 aromatic rings. The van der Waals surface area contributed by atoms with Crippen molar-refractivity contribution in [2.45, 2.75) is 18.9 Å². The number of methoxy groups -OCH3 is 2. The van der Waals surface area contributed by atoms with E-state index in [4.69, 9.17) is 19.3 Å². The van der Waals surface area contributed by atoms with Crippen LogP contribution in [0.15, 0.2) is 54.1 Å². The van der Waals surface area contributed by atoms with Gasteiger partial charge in [0.25, 0.3) is 0 Å². The second kappa shape index (κ2) is 10.8. The van der Waals surface area contributed by atoms with E-state index in [2.05, 4.69) is 29.2 Å². The zero-order chi connectivity index (χ0) is 24.9. The number of carbonyl (C=O) groups is 2. The van der Waals surface area contributed by atoms with E-state index in [1.54, 1.807) is 14.2 Å². The van der Waals surface area contributed by atoms with E-state index in [0.29, 0.717) is 31.2 Å². The first-order chi connectivity index (χ1) is 16.9. The Morgan fingerprint density at radius 3 is 2.60 bits per heavy atom. The first-order valence-electron chi connectivity index (χ1n) is 11.5. The summed E-state index contributed by atoms with van der Waals surface area (Å²) in [6.07, 6.45) is 3.85. The third-order valence-corrected chi connectivity index (χ3v) is 6.49. The van der Waals surface area contributed by atoms with Gasteiger partial charge in [-0.25, -0.2) is 9.59 Å². The van der Waals surface area contributed by atoms with Crippen molar-refractivity contribution in [2.75, 3.05) is 40.5 Å². The molecule has 4 rings (SSSR count). The van der Waals surface area contributed by atoms with Gasteiger partial charge in [0, 0.05) is 25.7 Å². The fraction of sp³-hybridized carbons (Fsp3) is 0.333. The summed E-state index contributed by atoms with van der Waals surface area (Å²) in [4.78, 5) is 24.7. The summed E-state index contributed by atoms with van der Waals surface area (Å²) in [5, 5.41) is 18.4. The molecular formula is C27H29NO7. The molecule has 0 radical (unpaired) electrons. The molecule has 0 bridgehead atoms. The van der Waals surface area contributed by atoms with Gasteiger partial charge >= 0.3 is 11.9 Å². The maximum atomic E-state index is 11.5. The van der Waals surface area contributed by atoms with Gasteiger partial charge in [-0.15, -0.1) is 0 Å². The lowest BCUT2D eigenvalue weighted by Gasteiger charge is -2.33. The van der Waals surface area contributed by atoms with Gasteiger partial charge in [0.1, 0.15) is 6.10 Å². The number of ether oxygens (including phenoxy) is 3. The highest BCUT2D eigenvalue weighted by Gasteiger charge is 2.29. The number of rotatable bonds is 9. The van der Waals surface area contributed by atoms with Crippen LogP contribution in [0, 0.1) is 0 Å². The molecule has 2 aromatic carbocycles. The van der Waals surface area contributed by atoms with Crippen molar-refractivity contribution in [3.05, 3.63) is 65.3 Å². The lowest BCUT2D eigenvalue weighted by molar-refractivity contribution is -0.137. The molecule has 1 aliphatic carbocycles. The van der Waals surface area contributed by atoms with E-state index in [0.717, 1.165) is 36.6 Å². The maximum absolute atomic E-state index is 11.5. The van der Waals surface area contributed by atoms with Gasteiger partial charge in [-0.3, -0.25) is 4.90 Å². The topological polar surface area (TPSA) is 106 Å². The second-order valence-corrected chi connectivity index (χ2v) is 8.49. The number of fused-ring (bicyclic) bond motifs is 1. The highest BCUT2D eigenvalue weighted by molar-refractivity contribution is 5.95. The molecule has 0 saturated carbocycles. The number of benzene rings is 2. The zero-order valence-corrected chi connectivity index (χ0v) is 19.8. The highest BCUT2D eigenvalue weighted by Crippen LogP contribution is 2.39. The maximum Gasteiger partial charge on any atom is 0.334 e. The van der Waals surface area contributed by atoms with Gasteiger partial charge in [-0.05, 0) is 52.8 Å². The average Bonchev–Trinajstić information content (AvgIpc) is 3.28. The molecule has 0 spiro atoms. The molecule has 1 fully saturated rings. The Labute approximate surface area is 204 Å². The van der Waals surface area contributed by atoms with Crippen LogP contribution in [0.5, 0.6) is 11.5 Å². The number of morpholine rings is 1. The summed E-state index contributed by atoms with van der Waals surface area (Å²) >= 11 is 0. The van der Waals surface area contributed by atoms with Crippen molar-refractivity contribution in [3.63, 3.8) is 0 Å². The molecular weight excluding hydrogens is 450 g/mol. The third-order valence-electron chi connectivity index (χ3n) is 6.49. The minimum atomic E-state index is -1.29. The summed E-state index contributed by atoms with van der Waals surface area (Å²) in [7, 11) is 3.25. The lowest BCUT2D eigenvalue weighted by atomic mass is 9.94. The lowest BCUT2D eigenvalue weighted by Crippen LogP contribution is -2.44. The summed E-state index contributed by atoms with van der Waals surface area (Å²) < 4.78 is 16.4. The number of allylic oxidation sites excluding steroid dienone is 1. The van der Waals surface area contributed by atoms with Crippen LogP contribution in [0.1, 0.15) is 17.5 Å². The zero-order valence-electron chi connectivity index (χ0n) is 19.8. The standard InChI is InChI=1S/C27H29NO7/c1-33-23-9-7-18(14-24(23)34-2)20-5-3-4-19-17(6-8-21(19)20)10-11-28-12-13-35-25(16-28)22(27(31)32)15-26(29)30/h3-7,9,14-15,25H,8,10-13,16H2,1-2H3,(H,29,30)(H,31,32). The minimum absolute atomic E-state index is 0.229. The summed E-state index contributed by atoms with van der Waals surface area (Å²) in [6.45, 7) is 2.10. The molecule has 0 aromatic heterocycles. The molecule has 8 heteroatoms. The Morgan fingerprint density at radius 1 is 1.11 bits per heavy atom. The number of hydrogen-bond donors (Lipinski definition) is 2. The fourth-order valence-corrected chi connectivity index (χ4v) is 4.75. The van der Waals surface area contributed by atoms with Gasteiger partial charge in [-0.1, -0.05) is 30.3 Å². The molecule has 2 N–H and O–H groups in total. The van der Waals surface area contributed by atoms with E-state index >= 15 is 0 Å². The number of carboxylic acid groups (broad SMARTS) is 2. The van der Waals surface area contributed by atoms with Crippen LogP contribution in [0.4, 0.5) is 0 Å². The molecule has 8 nitrogen and oxygen atoms in total. The molecule has 1 unspecified atom stereocenters. The van der Waals surface area contributed by atoms with E-state index in [1.807, 2.05) is 18.2 Å². The molecule has 1 saturated heterocycles. The normalized spacial score (nSPS) is 18.1. The smallest absolute Gasteiger partial charge is 0.334 e. The van der Waals surface area contributed by atoms with E-state index in [9.17, 15) is 14.7 Å². The highest BCUT2D eigenvalue weighted by atomic mass is 16.5. The molecule has 1 aliphatic heterocycles. The van der Waals surface area contributed by atoms with Gasteiger partial charge in [0.15, 0.2) is 11.5 Å². The predicted octanol–water partition coefficient (Wildman–Crippen LogP) is 3.50.